The number of hydrogen-bond donors (Lipinski definition) is 1. The molecule has 0 spiro atoms. The second-order valence-electron chi connectivity index (χ2n) is 6.28. The highest BCUT2D eigenvalue weighted by atomic mass is 16.5. The van der Waals surface area contributed by atoms with E-state index in [9.17, 15) is 9.59 Å². The number of hydrogen-bond acceptors (Lipinski definition) is 3. The van der Waals surface area contributed by atoms with Crippen LogP contribution in [0.25, 0.3) is 0 Å². The number of amides is 2. The van der Waals surface area contributed by atoms with Crippen molar-refractivity contribution in [2.45, 2.75) is 27.2 Å². The van der Waals surface area contributed by atoms with Gasteiger partial charge in [-0.05, 0) is 49.6 Å². The molecule has 0 saturated carbocycles. The van der Waals surface area contributed by atoms with E-state index in [1.54, 1.807) is 0 Å². The number of para-hydroxylation sites is 1. The molecule has 0 saturated heterocycles. The summed E-state index contributed by atoms with van der Waals surface area (Å²) in [5, 5.41) is 2.86. The fourth-order valence-corrected chi connectivity index (χ4v) is 2.58. The zero-order valence-corrected chi connectivity index (χ0v) is 15.6. The molecule has 2 amide bonds. The number of carbonyl (C=O) groups is 2. The zero-order valence-electron chi connectivity index (χ0n) is 15.6. The Balaban J connectivity index is 1.93. The lowest BCUT2D eigenvalue weighted by Crippen LogP contribution is -2.41. The lowest BCUT2D eigenvalue weighted by molar-refractivity contribution is -0.136. The van der Waals surface area contributed by atoms with Gasteiger partial charge in [-0.1, -0.05) is 37.3 Å². The first-order valence-corrected chi connectivity index (χ1v) is 8.82. The Morgan fingerprint density at radius 2 is 1.85 bits per heavy atom. The van der Waals surface area contributed by atoms with Crippen molar-refractivity contribution in [1.29, 1.82) is 0 Å². The van der Waals surface area contributed by atoms with E-state index < -0.39 is 0 Å². The van der Waals surface area contributed by atoms with Crippen LogP contribution in [0.5, 0.6) is 5.75 Å². The van der Waals surface area contributed by atoms with Gasteiger partial charge >= 0.3 is 0 Å². The Bertz CT molecular complexity index is 758. The smallest absolute Gasteiger partial charge is 0.260 e. The number of nitrogens with one attached hydrogen (secondary N) is 1. The van der Waals surface area contributed by atoms with Crippen LogP contribution in [0.1, 0.15) is 24.5 Å². The van der Waals surface area contributed by atoms with Gasteiger partial charge in [-0.15, -0.1) is 0 Å². The number of anilines is 1. The normalized spacial score (nSPS) is 10.3. The monoisotopic (exact) mass is 354 g/mol. The van der Waals surface area contributed by atoms with Crippen molar-refractivity contribution < 1.29 is 14.3 Å². The predicted molar refractivity (Wildman–Crippen MR) is 103 cm³/mol. The van der Waals surface area contributed by atoms with Gasteiger partial charge in [0, 0.05) is 12.2 Å². The minimum absolute atomic E-state index is 0.0121. The zero-order chi connectivity index (χ0) is 18.9. The first-order valence-electron chi connectivity index (χ1n) is 8.82. The van der Waals surface area contributed by atoms with Crippen LogP contribution in [0.2, 0.25) is 0 Å². The topological polar surface area (TPSA) is 58.6 Å². The highest BCUT2D eigenvalue weighted by molar-refractivity contribution is 5.95. The van der Waals surface area contributed by atoms with E-state index in [1.807, 2.05) is 69.3 Å². The summed E-state index contributed by atoms with van der Waals surface area (Å²) < 4.78 is 5.57. The molecular weight excluding hydrogens is 328 g/mol. The van der Waals surface area contributed by atoms with Crippen molar-refractivity contribution in [2.75, 3.05) is 25.0 Å². The molecule has 0 aliphatic heterocycles. The van der Waals surface area contributed by atoms with Crippen molar-refractivity contribution in [3.63, 3.8) is 0 Å². The first-order chi connectivity index (χ1) is 12.5. The van der Waals surface area contributed by atoms with E-state index in [0.717, 1.165) is 23.2 Å². The molecule has 0 fully saturated rings. The molecule has 0 unspecified atom stereocenters. The summed E-state index contributed by atoms with van der Waals surface area (Å²) in [4.78, 5) is 26.3. The van der Waals surface area contributed by atoms with Gasteiger partial charge in [0.1, 0.15) is 5.75 Å². The van der Waals surface area contributed by atoms with Crippen molar-refractivity contribution in [3.8, 4) is 5.75 Å². The molecular formula is C21H26N2O3. The maximum atomic E-state index is 12.5. The van der Waals surface area contributed by atoms with Crippen molar-refractivity contribution >= 4 is 17.5 Å². The van der Waals surface area contributed by atoms with Crippen LogP contribution >= 0.6 is 0 Å². The molecule has 0 heterocycles. The van der Waals surface area contributed by atoms with Crippen LogP contribution in [0.15, 0.2) is 48.5 Å². The van der Waals surface area contributed by atoms with Gasteiger partial charge in [0.2, 0.25) is 5.91 Å². The van der Waals surface area contributed by atoms with Crippen LogP contribution in [0.3, 0.4) is 0 Å². The Kier molecular flexibility index (Phi) is 7.21. The average molecular weight is 354 g/mol. The summed E-state index contributed by atoms with van der Waals surface area (Å²) in [6.45, 7) is 6.31. The number of ether oxygens (including phenoxy) is 1. The molecule has 0 aliphatic carbocycles. The Hall–Kier alpha value is -2.82. The highest BCUT2D eigenvalue weighted by Gasteiger charge is 2.17. The molecule has 5 heteroatoms. The molecule has 1 N–H and O–H groups in total. The Morgan fingerprint density at radius 3 is 2.54 bits per heavy atom. The number of rotatable bonds is 8. The fourth-order valence-electron chi connectivity index (χ4n) is 2.58. The highest BCUT2D eigenvalue weighted by Crippen LogP contribution is 2.14. The van der Waals surface area contributed by atoms with Crippen LogP contribution in [0, 0.1) is 13.8 Å². The maximum absolute atomic E-state index is 12.5. The van der Waals surface area contributed by atoms with Crippen LogP contribution in [-0.4, -0.2) is 36.4 Å². The van der Waals surface area contributed by atoms with Gasteiger partial charge < -0.3 is 15.0 Å². The predicted octanol–water partition coefficient (Wildman–Crippen LogP) is 3.56. The molecule has 26 heavy (non-hydrogen) atoms. The van der Waals surface area contributed by atoms with E-state index in [0.29, 0.717) is 12.3 Å². The fraction of sp³-hybridized carbons (Fsp3) is 0.333. The first kappa shape index (κ1) is 19.5. The summed E-state index contributed by atoms with van der Waals surface area (Å²) in [7, 11) is 0. The lowest BCUT2D eigenvalue weighted by atomic mass is 10.2. The third-order valence-corrected chi connectivity index (χ3v) is 3.95. The van der Waals surface area contributed by atoms with Crippen molar-refractivity contribution in [2.24, 2.45) is 0 Å². The van der Waals surface area contributed by atoms with Crippen molar-refractivity contribution in [3.05, 3.63) is 59.7 Å². The molecule has 0 aliphatic rings. The molecule has 0 radical (unpaired) electrons. The average Bonchev–Trinajstić information content (AvgIpc) is 2.61. The van der Waals surface area contributed by atoms with Gasteiger partial charge in [0.25, 0.3) is 5.91 Å². The van der Waals surface area contributed by atoms with Crippen LogP contribution < -0.4 is 10.1 Å². The number of nitrogens with zero attached hydrogens (tertiary/aromatic N) is 1. The third kappa shape index (κ3) is 5.92. The summed E-state index contributed by atoms with van der Waals surface area (Å²) in [5.74, 6) is 0.240. The Labute approximate surface area is 155 Å². The third-order valence-electron chi connectivity index (χ3n) is 3.95. The van der Waals surface area contributed by atoms with E-state index in [-0.39, 0.29) is 25.0 Å². The van der Waals surface area contributed by atoms with Gasteiger partial charge in [0.05, 0.1) is 6.54 Å². The molecule has 0 atom stereocenters. The summed E-state index contributed by atoms with van der Waals surface area (Å²) in [6.07, 6.45) is 0.772. The standard InChI is InChI=1S/C21H26N2O3/c1-4-12-23(14-20(24)22-19-11-6-5-9-17(19)3)21(25)15-26-18-10-7-8-16(2)13-18/h5-11,13H,4,12,14-15H2,1-3H3,(H,22,24). The minimum Gasteiger partial charge on any atom is -0.484 e. The second-order valence-corrected chi connectivity index (χ2v) is 6.28. The Morgan fingerprint density at radius 1 is 1.08 bits per heavy atom. The quantitative estimate of drug-likeness (QED) is 0.788. The molecule has 2 rings (SSSR count). The summed E-state index contributed by atoms with van der Waals surface area (Å²) >= 11 is 0. The van der Waals surface area contributed by atoms with Crippen molar-refractivity contribution in [1.82, 2.24) is 4.90 Å². The van der Waals surface area contributed by atoms with Gasteiger partial charge in [-0.3, -0.25) is 9.59 Å². The lowest BCUT2D eigenvalue weighted by Gasteiger charge is -2.22. The molecule has 0 bridgehead atoms. The van der Waals surface area contributed by atoms with Crippen LogP contribution in [-0.2, 0) is 9.59 Å². The van der Waals surface area contributed by atoms with Gasteiger partial charge in [-0.2, -0.15) is 0 Å². The van der Waals surface area contributed by atoms with E-state index in [2.05, 4.69) is 5.32 Å². The van der Waals surface area contributed by atoms with E-state index in [1.165, 1.54) is 4.90 Å². The number of carbonyl (C=O) groups excluding carboxylic acids is 2. The molecule has 138 valence electrons. The number of benzene rings is 2. The SMILES string of the molecule is CCCN(CC(=O)Nc1ccccc1C)C(=O)COc1cccc(C)c1. The molecule has 0 aromatic heterocycles. The van der Waals surface area contributed by atoms with E-state index in [4.69, 9.17) is 4.74 Å². The summed E-state index contributed by atoms with van der Waals surface area (Å²) in [6, 6.07) is 15.1. The second kappa shape index (κ2) is 9.61. The van der Waals surface area contributed by atoms with E-state index >= 15 is 0 Å². The number of aryl methyl sites for hydroxylation is 2. The maximum Gasteiger partial charge on any atom is 0.260 e. The van der Waals surface area contributed by atoms with Gasteiger partial charge in [-0.25, -0.2) is 0 Å². The van der Waals surface area contributed by atoms with Crippen LogP contribution in [0.4, 0.5) is 5.69 Å². The molecule has 2 aromatic rings. The van der Waals surface area contributed by atoms with Gasteiger partial charge in [0.15, 0.2) is 6.61 Å². The summed E-state index contributed by atoms with van der Waals surface area (Å²) in [5.41, 5.74) is 2.81. The minimum atomic E-state index is -0.211. The molecule has 5 nitrogen and oxygen atoms in total. The largest absolute Gasteiger partial charge is 0.484 e. The molecule has 2 aromatic carbocycles.